The Balaban J connectivity index is 1.59. The molecule has 8 nitrogen and oxygen atoms in total. The van der Waals surface area contributed by atoms with E-state index in [2.05, 4.69) is 25.7 Å². The fourth-order valence-electron chi connectivity index (χ4n) is 3.39. The van der Waals surface area contributed by atoms with Gasteiger partial charge in [-0.05, 0) is 43.5 Å². The lowest BCUT2D eigenvalue weighted by Gasteiger charge is -2.14. The molecule has 0 spiro atoms. The Morgan fingerprint density at radius 1 is 1.07 bits per heavy atom. The van der Waals surface area contributed by atoms with Crippen LogP contribution >= 0.6 is 0 Å². The summed E-state index contributed by atoms with van der Waals surface area (Å²) in [5.41, 5.74) is 3.09. The minimum absolute atomic E-state index is 0.133. The van der Waals surface area contributed by atoms with Crippen LogP contribution in [0.4, 0.5) is 5.82 Å². The summed E-state index contributed by atoms with van der Waals surface area (Å²) in [6, 6.07) is 11.1. The molecule has 0 aliphatic carbocycles. The van der Waals surface area contributed by atoms with Gasteiger partial charge in [0.05, 0.1) is 5.69 Å². The van der Waals surface area contributed by atoms with Crippen LogP contribution in [0.2, 0.25) is 0 Å². The van der Waals surface area contributed by atoms with Crippen LogP contribution in [0, 0.1) is 6.92 Å². The molecule has 28 heavy (non-hydrogen) atoms. The number of benzene rings is 1. The van der Waals surface area contributed by atoms with Crippen molar-refractivity contribution in [2.24, 2.45) is 0 Å². The molecule has 0 atom stereocenters. The van der Waals surface area contributed by atoms with Crippen LogP contribution in [0.15, 0.2) is 42.6 Å². The molecule has 2 amide bonds. The van der Waals surface area contributed by atoms with E-state index in [9.17, 15) is 9.59 Å². The molecule has 3 aromatic rings. The van der Waals surface area contributed by atoms with E-state index >= 15 is 0 Å². The van der Waals surface area contributed by atoms with E-state index in [1.54, 1.807) is 17.2 Å². The molecular weight excluding hydrogens is 356 g/mol. The minimum Gasteiger partial charge on any atom is -0.337 e. The van der Waals surface area contributed by atoms with Crippen LogP contribution in [-0.4, -0.2) is 50.2 Å². The molecule has 2 N–H and O–H groups in total. The lowest BCUT2D eigenvalue weighted by Crippen LogP contribution is -2.29. The summed E-state index contributed by atoms with van der Waals surface area (Å²) in [6.07, 6.45) is 3.67. The second-order valence-corrected chi connectivity index (χ2v) is 6.67. The summed E-state index contributed by atoms with van der Waals surface area (Å²) in [5.74, 6) is -0.426. The van der Waals surface area contributed by atoms with Crippen LogP contribution in [0.5, 0.6) is 0 Å². The summed E-state index contributed by atoms with van der Waals surface area (Å²) in [5, 5.41) is 13.1. The Morgan fingerprint density at radius 3 is 2.64 bits per heavy atom. The van der Waals surface area contributed by atoms with Gasteiger partial charge in [0.15, 0.2) is 11.5 Å². The lowest BCUT2D eigenvalue weighted by molar-refractivity contribution is 0.0788. The summed E-state index contributed by atoms with van der Waals surface area (Å²) in [7, 11) is 0. The van der Waals surface area contributed by atoms with E-state index in [0.717, 1.165) is 29.7 Å². The van der Waals surface area contributed by atoms with Gasteiger partial charge in [-0.25, -0.2) is 0 Å². The molecule has 2 aromatic heterocycles. The SMILES string of the molecule is Cc1c(C(=O)Nc2n[nH]nc2C(=O)N2CCCC2)cccc1-c1ccccn1. The molecule has 1 aliphatic heterocycles. The van der Waals surface area contributed by atoms with Crippen molar-refractivity contribution in [1.29, 1.82) is 0 Å². The molecule has 4 rings (SSSR count). The smallest absolute Gasteiger partial charge is 0.278 e. The molecule has 8 heteroatoms. The maximum atomic E-state index is 12.9. The zero-order valence-electron chi connectivity index (χ0n) is 15.5. The molecule has 0 saturated carbocycles. The number of carbonyl (C=O) groups excluding carboxylic acids is 2. The molecule has 0 bridgehead atoms. The van der Waals surface area contributed by atoms with E-state index < -0.39 is 0 Å². The number of H-pyrrole nitrogens is 1. The van der Waals surface area contributed by atoms with E-state index in [4.69, 9.17) is 0 Å². The molecule has 0 unspecified atom stereocenters. The first-order chi connectivity index (χ1) is 13.6. The highest BCUT2D eigenvalue weighted by atomic mass is 16.2. The first-order valence-electron chi connectivity index (χ1n) is 9.17. The van der Waals surface area contributed by atoms with Gasteiger partial charge in [-0.1, -0.05) is 18.2 Å². The lowest BCUT2D eigenvalue weighted by atomic mass is 9.99. The Hall–Kier alpha value is -3.55. The number of carbonyl (C=O) groups is 2. The summed E-state index contributed by atoms with van der Waals surface area (Å²) in [4.78, 5) is 31.6. The Morgan fingerprint density at radius 2 is 1.89 bits per heavy atom. The normalized spacial score (nSPS) is 13.5. The molecule has 142 valence electrons. The minimum atomic E-state index is -0.348. The molecule has 1 fully saturated rings. The van der Waals surface area contributed by atoms with Crippen molar-refractivity contribution >= 4 is 17.6 Å². The first-order valence-corrected chi connectivity index (χ1v) is 9.17. The maximum absolute atomic E-state index is 12.9. The highest BCUT2D eigenvalue weighted by Crippen LogP contribution is 2.25. The topological polar surface area (TPSA) is 104 Å². The quantitative estimate of drug-likeness (QED) is 0.728. The van der Waals surface area contributed by atoms with Crippen LogP contribution in [0.25, 0.3) is 11.3 Å². The Bertz CT molecular complexity index is 1010. The number of hydrogen-bond donors (Lipinski definition) is 2. The third-order valence-electron chi connectivity index (χ3n) is 4.89. The first kappa shape index (κ1) is 17.8. The van der Waals surface area contributed by atoms with Gasteiger partial charge in [-0.15, -0.1) is 10.2 Å². The summed E-state index contributed by atoms with van der Waals surface area (Å²) >= 11 is 0. The zero-order chi connectivity index (χ0) is 19.5. The third kappa shape index (κ3) is 3.36. The highest BCUT2D eigenvalue weighted by molar-refractivity contribution is 6.08. The van der Waals surface area contributed by atoms with E-state index in [1.165, 1.54) is 0 Å². The van der Waals surface area contributed by atoms with Gasteiger partial charge < -0.3 is 10.2 Å². The van der Waals surface area contributed by atoms with Gasteiger partial charge in [0.25, 0.3) is 11.8 Å². The molecule has 1 aliphatic rings. The number of rotatable bonds is 4. The molecule has 1 aromatic carbocycles. The number of nitrogens with one attached hydrogen (secondary N) is 2. The van der Waals surface area contributed by atoms with Gasteiger partial charge in [0.1, 0.15) is 0 Å². The second-order valence-electron chi connectivity index (χ2n) is 6.67. The number of anilines is 1. The highest BCUT2D eigenvalue weighted by Gasteiger charge is 2.26. The van der Waals surface area contributed by atoms with Crippen molar-refractivity contribution < 1.29 is 9.59 Å². The van der Waals surface area contributed by atoms with Crippen LogP contribution in [0.1, 0.15) is 39.3 Å². The van der Waals surface area contributed by atoms with E-state index in [-0.39, 0.29) is 23.3 Å². The Labute approximate surface area is 162 Å². The van der Waals surface area contributed by atoms with Gasteiger partial charge >= 0.3 is 0 Å². The summed E-state index contributed by atoms with van der Waals surface area (Å²) < 4.78 is 0. The zero-order valence-corrected chi connectivity index (χ0v) is 15.5. The van der Waals surface area contributed by atoms with Crippen molar-refractivity contribution in [3.63, 3.8) is 0 Å². The van der Waals surface area contributed by atoms with Crippen molar-refractivity contribution in [3.05, 3.63) is 59.4 Å². The third-order valence-corrected chi connectivity index (χ3v) is 4.89. The number of nitrogens with zero attached hydrogens (tertiary/aromatic N) is 4. The molecule has 3 heterocycles. The predicted octanol–water partition coefficient (Wildman–Crippen LogP) is 2.66. The van der Waals surface area contributed by atoms with Crippen LogP contribution < -0.4 is 5.32 Å². The standard InChI is InChI=1S/C20H20N6O2/c1-13-14(16-9-2-3-10-21-16)7-6-8-15(13)19(27)22-18-17(23-25-24-18)20(28)26-11-4-5-12-26/h2-3,6-10H,4-5,11-12H2,1H3,(H2,22,23,24,25,27). The van der Waals surface area contributed by atoms with Crippen molar-refractivity contribution in [2.75, 3.05) is 18.4 Å². The summed E-state index contributed by atoms with van der Waals surface area (Å²) in [6.45, 7) is 3.27. The fraction of sp³-hybridized carbons (Fsp3) is 0.250. The van der Waals surface area contributed by atoms with Gasteiger partial charge in [0, 0.05) is 30.4 Å². The molecule has 0 radical (unpaired) electrons. The number of likely N-dealkylation sites (tertiary alicyclic amines) is 1. The van der Waals surface area contributed by atoms with Crippen molar-refractivity contribution in [1.82, 2.24) is 25.3 Å². The number of aromatic amines is 1. The maximum Gasteiger partial charge on any atom is 0.278 e. The van der Waals surface area contributed by atoms with Gasteiger partial charge in [-0.3, -0.25) is 14.6 Å². The van der Waals surface area contributed by atoms with Gasteiger partial charge in [0.2, 0.25) is 0 Å². The van der Waals surface area contributed by atoms with Crippen LogP contribution in [-0.2, 0) is 0 Å². The number of aromatic nitrogens is 4. The van der Waals surface area contributed by atoms with Crippen LogP contribution in [0.3, 0.4) is 0 Å². The Kier molecular flexibility index (Phi) is 4.84. The predicted molar refractivity (Wildman–Crippen MR) is 104 cm³/mol. The van der Waals surface area contributed by atoms with Crippen molar-refractivity contribution in [2.45, 2.75) is 19.8 Å². The number of hydrogen-bond acceptors (Lipinski definition) is 5. The average Bonchev–Trinajstić information content (AvgIpc) is 3.40. The molecule has 1 saturated heterocycles. The fourth-order valence-corrected chi connectivity index (χ4v) is 3.39. The van der Waals surface area contributed by atoms with E-state index in [0.29, 0.717) is 18.7 Å². The van der Waals surface area contributed by atoms with E-state index in [1.807, 2.05) is 37.3 Å². The number of amides is 2. The van der Waals surface area contributed by atoms with Crippen molar-refractivity contribution in [3.8, 4) is 11.3 Å². The average molecular weight is 376 g/mol. The van der Waals surface area contributed by atoms with Gasteiger partial charge in [-0.2, -0.15) is 5.21 Å². The monoisotopic (exact) mass is 376 g/mol. The number of pyridine rings is 1. The largest absolute Gasteiger partial charge is 0.337 e. The molecular formula is C20H20N6O2. The second kappa shape index (κ2) is 7.59.